The number of nitrogens with zero attached hydrogens (tertiary/aromatic N) is 3. The number of anilines is 2. The summed E-state index contributed by atoms with van der Waals surface area (Å²) >= 11 is 12.5. The van der Waals surface area contributed by atoms with E-state index in [-0.39, 0.29) is 12.6 Å². The van der Waals surface area contributed by atoms with Crippen LogP contribution in [0.15, 0.2) is 36.4 Å². The van der Waals surface area contributed by atoms with Crippen LogP contribution in [0.1, 0.15) is 24.8 Å². The molecule has 2 aromatic rings. The van der Waals surface area contributed by atoms with Gasteiger partial charge in [-0.2, -0.15) is 0 Å². The molecule has 8 heteroatoms. The lowest BCUT2D eigenvalue weighted by Crippen LogP contribution is -2.46. The van der Waals surface area contributed by atoms with Crippen molar-refractivity contribution in [2.24, 2.45) is 0 Å². The van der Waals surface area contributed by atoms with Gasteiger partial charge in [-0.15, -0.1) is 0 Å². The van der Waals surface area contributed by atoms with Crippen LogP contribution in [0, 0.1) is 0 Å². The monoisotopic (exact) mass is 477 g/mol. The number of carbonyl (C=O) groups is 1. The zero-order chi connectivity index (χ0) is 22.5. The number of unbranched alkanes of at least 4 members (excludes halogenated alkanes) is 1. The highest BCUT2D eigenvalue weighted by molar-refractivity contribution is 6.43. The van der Waals surface area contributed by atoms with Gasteiger partial charge in [-0.1, -0.05) is 35.3 Å². The van der Waals surface area contributed by atoms with E-state index in [9.17, 15) is 9.90 Å². The number of hydrogen-bond donors (Lipinski definition) is 1. The van der Waals surface area contributed by atoms with Gasteiger partial charge >= 0.3 is 0 Å². The van der Waals surface area contributed by atoms with E-state index < -0.39 is 0 Å². The number of ether oxygens (including phenoxy) is 1. The predicted molar refractivity (Wildman–Crippen MR) is 129 cm³/mol. The number of fused-ring (bicyclic) bond motifs is 1. The second-order valence-corrected chi connectivity index (χ2v) is 9.00. The molecule has 2 aliphatic rings. The molecular formula is C24H29Cl2N3O3. The number of aryl methyl sites for hydroxylation is 1. The summed E-state index contributed by atoms with van der Waals surface area (Å²) in [5.74, 6) is 0.693. The number of piperazine rings is 1. The molecule has 0 saturated carbocycles. The highest BCUT2D eigenvalue weighted by Crippen LogP contribution is 2.33. The molecule has 0 spiro atoms. The van der Waals surface area contributed by atoms with Gasteiger partial charge in [-0.05, 0) is 49.6 Å². The number of halogens is 2. The van der Waals surface area contributed by atoms with Crippen LogP contribution in [-0.4, -0.2) is 62.0 Å². The molecule has 0 radical (unpaired) electrons. The van der Waals surface area contributed by atoms with Crippen LogP contribution in [0.3, 0.4) is 0 Å². The quantitative estimate of drug-likeness (QED) is 0.577. The first-order valence-electron chi connectivity index (χ1n) is 11.1. The Morgan fingerprint density at radius 3 is 2.56 bits per heavy atom. The molecule has 1 N–H and O–H groups in total. The van der Waals surface area contributed by atoms with Crippen molar-refractivity contribution in [3.63, 3.8) is 0 Å². The number of hydrogen-bond acceptors (Lipinski definition) is 5. The first-order chi connectivity index (χ1) is 15.6. The van der Waals surface area contributed by atoms with Crippen molar-refractivity contribution in [2.75, 3.05) is 55.9 Å². The van der Waals surface area contributed by atoms with Crippen molar-refractivity contribution in [3.8, 4) is 5.75 Å². The van der Waals surface area contributed by atoms with Gasteiger partial charge in [0, 0.05) is 38.7 Å². The Kier molecular flexibility index (Phi) is 7.79. The largest absolute Gasteiger partial charge is 0.494 e. The van der Waals surface area contributed by atoms with Crippen LogP contribution >= 0.6 is 23.2 Å². The molecule has 0 atom stereocenters. The highest BCUT2D eigenvalue weighted by atomic mass is 35.5. The van der Waals surface area contributed by atoms with E-state index in [0.29, 0.717) is 29.5 Å². The molecule has 2 aromatic carbocycles. The molecule has 2 heterocycles. The van der Waals surface area contributed by atoms with Gasteiger partial charge in [0.1, 0.15) is 12.5 Å². The van der Waals surface area contributed by atoms with Crippen molar-refractivity contribution in [3.05, 3.63) is 52.0 Å². The van der Waals surface area contributed by atoms with Gasteiger partial charge in [-0.25, -0.2) is 0 Å². The average Bonchev–Trinajstić information content (AvgIpc) is 2.81. The summed E-state index contributed by atoms with van der Waals surface area (Å²) in [6, 6.07) is 11.6. The molecule has 0 aromatic heterocycles. The van der Waals surface area contributed by atoms with Crippen LogP contribution in [0.2, 0.25) is 10.0 Å². The van der Waals surface area contributed by atoms with Crippen LogP contribution < -0.4 is 14.5 Å². The maximum absolute atomic E-state index is 12.0. The van der Waals surface area contributed by atoms with Gasteiger partial charge < -0.3 is 14.7 Å². The predicted octanol–water partition coefficient (Wildman–Crippen LogP) is 4.20. The first-order valence-corrected chi connectivity index (χ1v) is 11.9. The van der Waals surface area contributed by atoms with E-state index in [2.05, 4.69) is 9.80 Å². The summed E-state index contributed by atoms with van der Waals surface area (Å²) in [4.78, 5) is 18.2. The molecular weight excluding hydrogens is 449 g/mol. The molecule has 0 unspecified atom stereocenters. The molecule has 2 aliphatic heterocycles. The van der Waals surface area contributed by atoms with Crippen molar-refractivity contribution in [1.29, 1.82) is 0 Å². The minimum Gasteiger partial charge on any atom is -0.494 e. The Bertz CT molecular complexity index is 948. The molecule has 6 nitrogen and oxygen atoms in total. The second-order valence-electron chi connectivity index (χ2n) is 8.21. The van der Waals surface area contributed by atoms with E-state index >= 15 is 0 Å². The Morgan fingerprint density at radius 1 is 0.969 bits per heavy atom. The Morgan fingerprint density at radius 2 is 1.78 bits per heavy atom. The zero-order valence-corrected chi connectivity index (χ0v) is 19.6. The van der Waals surface area contributed by atoms with Crippen LogP contribution in [0.25, 0.3) is 0 Å². The summed E-state index contributed by atoms with van der Waals surface area (Å²) in [6.45, 7) is 5.24. The molecule has 172 valence electrons. The fourth-order valence-electron chi connectivity index (χ4n) is 4.34. The van der Waals surface area contributed by atoms with E-state index in [1.54, 1.807) is 0 Å². The molecule has 4 rings (SSSR count). The lowest BCUT2D eigenvalue weighted by Gasteiger charge is -2.36. The second kappa shape index (κ2) is 10.8. The molecule has 32 heavy (non-hydrogen) atoms. The van der Waals surface area contributed by atoms with Crippen molar-refractivity contribution < 1.29 is 14.6 Å². The van der Waals surface area contributed by atoms with Crippen LogP contribution in [-0.2, 0) is 11.2 Å². The number of amides is 1. The Hall–Kier alpha value is -1.99. The maximum atomic E-state index is 12.0. The van der Waals surface area contributed by atoms with Crippen LogP contribution in [0.5, 0.6) is 5.75 Å². The van der Waals surface area contributed by atoms with E-state index in [1.165, 1.54) is 4.90 Å². The third-order valence-electron chi connectivity index (χ3n) is 6.18. The number of benzene rings is 2. The van der Waals surface area contributed by atoms with E-state index in [1.807, 2.05) is 36.4 Å². The molecule has 1 amide bonds. The van der Waals surface area contributed by atoms with E-state index in [0.717, 1.165) is 68.3 Å². The first kappa shape index (κ1) is 23.2. The fraction of sp³-hybridized carbons (Fsp3) is 0.458. The highest BCUT2D eigenvalue weighted by Gasteiger charge is 2.24. The maximum Gasteiger partial charge on any atom is 0.229 e. The van der Waals surface area contributed by atoms with Gasteiger partial charge in [0.25, 0.3) is 0 Å². The van der Waals surface area contributed by atoms with Crippen LogP contribution in [0.4, 0.5) is 11.4 Å². The summed E-state index contributed by atoms with van der Waals surface area (Å²) in [6.07, 6.45) is 3.17. The van der Waals surface area contributed by atoms with Crippen molar-refractivity contribution >= 4 is 40.5 Å². The smallest absolute Gasteiger partial charge is 0.229 e. The van der Waals surface area contributed by atoms with Gasteiger partial charge in [0.2, 0.25) is 5.91 Å². The zero-order valence-electron chi connectivity index (χ0n) is 18.1. The summed E-state index contributed by atoms with van der Waals surface area (Å²) < 4.78 is 5.92. The number of rotatable bonds is 8. The third-order valence-corrected chi connectivity index (χ3v) is 6.99. The van der Waals surface area contributed by atoms with Gasteiger partial charge in [0.15, 0.2) is 0 Å². The Labute approximate surface area is 199 Å². The lowest BCUT2D eigenvalue weighted by molar-refractivity contribution is -0.119. The minimum absolute atomic E-state index is 0.0464. The third kappa shape index (κ3) is 5.31. The summed E-state index contributed by atoms with van der Waals surface area (Å²) in [5, 5.41) is 10.8. The SMILES string of the molecule is O=C1CCc2ccc(OCCCCN3CCN(c4cccc(Cl)c4Cl)CC3)cc2N1CO. The number of aliphatic hydroxyl groups excluding tert-OH is 1. The topological polar surface area (TPSA) is 56.2 Å². The minimum atomic E-state index is -0.300. The van der Waals surface area contributed by atoms with Crippen molar-refractivity contribution in [2.45, 2.75) is 25.7 Å². The van der Waals surface area contributed by atoms with E-state index in [4.69, 9.17) is 27.9 Å². The fourth-order valence-corrected chi connectivity index (χ4v) is 4.75. The summed E-state index contributed by atoms with van der Waals surface area (Å²) in [7, 11) is 0. The molecule has 1 fully saturated rings. The standard InChI is InChI=1S/C24H29Cl2N3O3/c25-20-4-3-5-21(24(20)26)28-13-11-27(12-14-28)10-1-2-15-32-19-8-6-18-7-9-23(31)29(17-30)22(18)16-19/h3-6,8,16,30H,1-2,7,9-15,17H2. The summed E-state index contributed by atoms with van der Waals surface area (Å²) in [5.41, 5.74) is 2.85. The molecule has 0 aliphatic carbocycles. The number of aliphatic hydroxyl groups is 1. The van der Waals surface area contributed by atoms with Gasteiger partial charge in [0.05, 0.1) is 28.0 Å². The normalized spacial score (nSPS) is 16.9. The van der Waals surface area contributed by atoms with Crippen molar-refractivity contribution in [1.82, 2.24) is 4.90 Å². The molecule has 0 bridgehead atoms. The molecule has 1 saturated heterocycles. The number of carbonyl (C=O) groups excluding carboxylic acids is 1. The average molecular weight is 478 g/mol. The lowest BCUT2D eigenvalue weighted by atomic mass is 10.0. The Balaban J connectivity index is 1.18. The van der Waals surface area contributed by atoms with Gasteiger partial charge in [-0.3, -0.25) is 14.6 Å².